The third kappa shape index (κ3) is 3.42. The number of rotatable bonds is 5. The van der Waals surface area contributed by atoms with Gasteiger partial charge in [-0.15, -0.1) is 11.3 Å². The monoisotopic (exact) mass is 416 g/mol. The van der Waals surface area contributed by atoms with Crippen LogP contribution in [0.3, 0.4) is 0 Å². The summed E-state index contributed by atoms with van der Waals surface area (Å²) >= 11 is 1.57. The number of carbonyl (C=O) groups excluding carboxylic acids is 2. The first-order chi connectivity index (χ1) is 14.0. The van der Waals surface area contributed by atoms with Crippen molar-refractivity contribution in [2.45, 2.75) is 69.7 Å². The zero-order chi connectivity index (χ0) is 20.2. The summed E-state index contributed by atoms with van der Waals surface area (Å²) in [6.07, 6.45) is 12.1. The van der Waals surface area contributed by atoms with Gasteiger partial charge in [0.25, 0.3) is 0 Å². The molecule has 1 aromatic heterocycles. The van der Waals surface area contributed by atoms with Gasteiger partial charge in [0.15, 0.2) is 0 Å². The molecule has 6 rings (SSSR count). The summed E-state index contributed by atoms with van der Waals surface area (Å²) in [5.41, 5.74) is 1.90. The molecule has 0 aliphatic heterocycles. The van der Waals surface area contributed by atoms with Gasteiger partial charge in [0.05, 0.1) is 19.2 Å². The number of hydrogen-bond acceptors (Lipinski definition) is 5. The number of ether oxygens (including phenoxy) is 1. The summed E-state index contributed by atoms with van der Waals surface area (Å²) in [5, 5.41) is 3.77. The molecule has 0 atom stereocenters. The van der Waals surface area contributed by atoms with Crippen molar-refractivity contribution >= 4 is 28.2 Å². The van der Waals surface area contributed by atoms with Gasteiger partial charge in [-0.3, -0.25) is 9.69 Å². The molecule has 1 aromatic rings. The van der Waals surface area contributed by atoms with Crippen molar-refractivity contribution in [3.63, 3.8) is 0 Å². The molecule has 5 aliphatic carbocycles. The highest BCUT2D eigenvalue weighted by atomic mass is 32.1. The van der Waals surface area contributed by atoms with Crippen molar-refractivity contribution < 1.29 is 14.3 Å². The van der Waals surface area contributed by atoms with E-state index in [1.807, 2.05) is 0 Å². The van der Waals surface area contributed by atoms with Crippen LogP contribution in [-0.2, 0) is 22.4 Å². The summed E-state index contributed by atoms with van der Waals surface area (Å²) < 4.78 is 5.03. The molecule has 0 aromatic carbocycles. The summed E-state index contributed by atoms with van der Waals surface area (Å²) in [7, 11) is 3.55. The number of aryl methyl sites for hydroxylation is 1. The average Bonchev–Trinajstić information content (AvgIpc) is 3.03. The Hall–Kier alpha value is -1.40. The van der Waals surface area contributed by atoms with E-state index in [-0.39, 0.29) is 17.4 Å². The van der Waals surface area contributed by atoms with E-state index in [9.17, 15) is 9.59 Å². The van der Waals surface area contributed by atoms with Gasteiger partial charge in [-0.05, 0) is 94.6 Å². The second-order valence-electron chi connectivity index (χ2n) is 9.95. The molecule has 29 heavy (non-hydrogen) atoms. The van der Waals surface area contributed by atoms with E-state index < -0.39 is 0 Å². The van der Waals surface area contributed by atoms with Crippen molar-refractivity contribution in [1.82, 2.24) is 4.90 Å². The molecular formula is C23H32N2O3S. The van der Waals surface area contributed by atoms with Crippen LogP contribution in [0.25, 0.3) is 0 Å². The van der Waals surface area contributed by atoms with Gasteiger partial charge < -0.3 is 10.1 Å². The van der Waals surface area contributed by atoms with E-state index in [0.717, 1.165) is 49.0 Å². The molecule has 158 valence electrons. The summed E-state index contributed by atoms with van der Waals surface area (Å²) in [6.45, 7) is 0.398. The normalized spacial score (nSPS) is 32.3. The van der Waals surface area contributed by atoms with Crippen LogP contribution in [0, 0.1) is 17.8 Å². The molecule has 1 amide bonds. The minimum absolute atomic E-state index is 0.00741. The molecule has 0 radical (unpaired) electrons. The maximum Gasteiger partial charge on any atom is 0.341 e. The number of hydrogen-bond donors (Lipinski definition) is 1. The van der Waals surface area contributed by atoms with Gasteiger partial charge in [-0.1, -0.05) is 0 Å². The molecule has 5 aliphatic rings. The van der Waals surface area contributed by atoms with Gasteiger partial charge in [0.1, 0.15) is 5.00 Å². The topological polar surface area (TPSA) is 58.6 Å². The first kappa shape index (κ1) is 19.6. The van der Waals surface area contributed by atoms with Crippen molar-refractivity contribution in [1.29, 1.82) is 0 Å². The molecule has 0 saturated heterocycles. The van der Waals surface area contributed by atoms with Crippen molar-refractivity contribution in [3.8, 4) is 0 Å². The SMILES string of the molecule is COC(=O)c1c(NC(=O)CN(C)C23CC4CC(CC(C4)C2)C3)sc2c1CCCC2. The molecule has 0 spiro atoms. The molecule has 6 heteroatoms. The third-order valence-electron chi connectivity index (χ3n) is 8.01. The number of esters is 1. The molecule has 4 fully saturated rings. The molecule has 5 nitrogen and oxygen atoms in total. The Kier molecular flexibility index (Phi) is 4.98. The number of fused-ring (bicyclic) bond motifs is 1. The van der Waals surface area contributed by atoms with Crippen LogP contribution in [-0.4, -0.2) is 43.0 Å². The number of likely N-dealkylation sites (N-methyl/N-ethyl adjacent to an activating group) is 1. The molecule has 0 unspecified atom stereocenters. The van der Waals surface area contributed by atoms with Gasteiger partial charge in [0, 0.05) is 10.4 Å². The number of carbonyl (C=O) groups is 2. The molecule has 1 N–H and O–H groups in total. The Morgan fingerprint density at radius 1 is 1.10 bits per heavy atom. The Morgan fingerprint density at radius 2 is 1.72 bits per heavy atom. The number of methoxy groups -OCH3 is 1. The fraction of sp³-hybridized carbons (Fsp3) is 0.739. The van der Waals surface area contributed by atoms with E-state index >= 15 is 0 Å². The fourth-order valence-corrected chi connectivity index (χ4v) is 8.35. The Bertz CT molecular complexity index is 795. The van der Waals surface area contributed by atoms with Gasteiger partial charge in [0.2, 0.25) is 5.91 Å². The third-order valence-corrected chi connectivity index (χ3v) is 9.22. The number of amides is 1. The lowest BCUT2D eigenvalue weighted by Crippen LogP contribution is -2.59. The molecule has 4 saturated carbocycles. The lowest BCUT2D eigenvalue weighted by molar-refractivity contribution is -0.123. The van der Waals surface area contributed by atoms with E-state index in [4.69, 9.17) is 4.74 Å². The number of nitrogens with one attached hydrogen (secondary N) is 1. The van der Waals surface area contributed by atoms with Crippen LogP contribution < -0.4 is 5.32 Å². The second-order valence-corrected chi connectivity index (χ2v) is 11.1. The predicted molar refractivity (Wildman–Crippen MR) is 114 cm³/mol. The van der Waals surface area contributed by atoms with Crippen LogP contribution in [0.15, 0.2) is 0 Å². The van der Waals surface area contributed by atoms with E-state index in [2.05, 4.69) is 17.3 Å². The van der Waals surface area contributed by atoms with Crippen molar-refractivity contribution in [3.05, 3.63) is 16.0 Å². The van der Waals surface area contributed by atoms with Gasteiger partial charge >= 0.3 is 5.97 Å². The van der Waals surface area contributed by atoms with Gasteiger partial charge in [-0.25, -0.2) is 4.79 Å². The minimum Gasteiger partial charge on any atom is -0.465 e. The lowest BCUT2D eigenvalue weighted by Gasteiger charge is -2.59. The van der Waals surface area contributed by atoms with Crippen LogP contribution >= 0.6 is 11.3 Å². The number of thiophene rings is 1. The number of anilines is 1. The quantitative estimate of drug-likeness (QED) is 0.729. The predicted octanol–water partition coefficient (Wildman–Crippen LogP) is 4.25. The minimum atomic E-state index is -0.325. The molecule has 1 heterocycles. The zero-order valence-corrected chi connectivity index (χ0v) is 18.4. The Labute approximate surface area is 177 Å². The Balaban J connectivity index is 1.31. The van der Waals surface area contributed by atoms with E-state index in [1.54, 1.807) is 11.3 Å². The summed E-state index contributed by atoms with van der Waals surface area (Å²) in [5.74, 6) is 2.26. The average molecular weight is 417 g/mol. The van der Waals surface area contributed by atoms with Crippen LogP contribution in [0.2, 0.25) is 0 Å². The maximum atomic E-state index is 13.0. The largest absolute Gasteiger partial charge is 0.465 e. The highest BCUT2D eigenvalue weighted by Gasteiger charge is 2.52. The first-order valence-electron chi connectivity index (χ1n) is 11.2. The summed E-state index contributed by atoms with van der Waals surface area (Å²) in [4.78, 5) is 29.0. The first-order valence-corrected chi connectivity index (χ1v) is 12.0. The van der Waals surface area contributed by atoms with Gasteiger partial charge in [-0.2, -0.15) is 0 Å². The maximum absolute atomic E-state index is 13.0. The highest BCUT2D eigenvalue weighted by Crippen LogP contribution is 2.57. The van der Waals surface area contributed by atoms with Crippen LogP contribution in [0.5, 0.6) is 0 Å². The second kappa shape index (κ2) is 7.38. The lowest BCUT2D eigenvalue weighted by atomic mass is 9.52. The smallest absolute Gasteiger partial charge is 0.341 e. The molecular weight excluding hydrogens is 384 g/mol. The summed E-state index contributed by atoms with van der Waals surface area (Å²) in [6, 6.07) is 0. The molecule has 4 bridgehead atoms. The zero-order valence-electron chi connectivity index (χ0n) is 17.6. The van der Waals surface area contributed by atoms with Crippen LogP contribution in [0.4, 0.5) is 5.00 Å². The van der Waals surface area contributed by atoms with E-state index in [0.29, 0.717) is 17.1 Å². The highest BCUT2D eigenvalue weighted by molar-refractivity contribution is 7.17. The van der Waals surface area contributed by atoms with Crippen molar-refractivity contribution in [2.24, 2.45) is 17.8 Å². The Morgan fingerprint density at radius 3 is 2.34 bits per heavy atom. The fourth-order valence-electron chi connectivity index (χ4n) is 7.05. The van der Waals surface area contributed by atoms with Crippen molar-refractivity contribution in [2.75, 3.05) is 26.0 Å². The van der Waals surface area contributed by atoms with E-state index in [1.165, 1.54) is 50.5 Å². The standard InChI is InChI=1S/C23H32N2O3S/c1-25(23-10-14-7-15(11-23)9-16(8-14)12-23)13-19(26)24-21-20(22(27)28-2)17-5-3-4-6-18(17)29-21/h14-16H,3-13H2,1-2H3,(H,24,26). The van der Waals surface area contributed by atoms with Crippen LogP contribution in [0.1, 0.15) is 72.2 Å². The number of nitrogens with zero attached hydrogens (tertiary/aromatic N) is 1.